The van der Waals surface area contributed by atoms with Crippen molar-refractivity contribution in [3.8, 4) is 5.75 Å². The summed E-state index contributed by atoms with van der Waals surface area (Å²) in [6, 6.07) is 6.81. The van der Waals surface area contributed by atoms with Crippen molar-refractivity contribution in [2.24, 2.45) is 0 Å². The number of carbonyl (C=O) groups excluding carboxylic acids is 1. The molecule has 0 saturated heterocycles. The van der Waals surface area contributed by atoms with Gasteiger partial charge in [0.05, 0.1) is 30.7 Å². The van der Waals surface area contributed by atoms with Crippen LogP contribution in [0.3, 0.4) is 0 Å². The maximum atomic E-state index is 13.3. The Hall–Kier alpha value is -3.37. The van der Waals surface area contributed by atoms with Crippen molar-refractivity contribution >= 4 is 11.6 Å². The molecule has 0 aliphatic heterocycles. The van der Waals surface area contributed by atoms with E-state index in [-0.39, 0.29) is 0 Å². The normalized spacial score (nSPS) is 12.4. The summed E-state index contributed by atoms with van der Waals surface area (Å²) in [6.45, 7) is 5.19. The number of alkyl halides is 4. The summed E-state index contributed by atoms with van der Waals surface area (Å²) in [4.78, 5) is 12.8. The summed E-state index contributed by atoms with van der Waals surface area (Å²) in [7, 11) is 1.57. The van der Waals surface area contributed by atoms with Crippen LogP contribution in [0, 0.1) is 13.8 Å². The number of rotatable bonds is 8. The molecule has 0 fully saturated rings. The summed E-state index contributed by atoms with van der Waals surface area (Å²) < 4.78 is 60.0. The summed E-state index contributed by atoms with van der Waals surface area (Å²) in [6.07, 6.45) is -6.08. The van der Waals surface area contributed by atoms with Crippen LogP contribution in [-0.2, 0) is 11.3 Å². The molecule has 1 N–H and O–H groups in total. The Bertz CT molecular complexity index is 1110. The van der Waals surface area contributed by atoms with Crippen LogP contribution in [0.5, 0.6) is 5.75 Å². The van der Waals surface area contributed by atoms with E-state index in [4.69, 9.17) is 4.74 Å². The molecule has 11 heteroatoms. The van der Waals surface area contributed by atoms with Gasteiger partial charge in [-0.15, -0.1) is 0 Å². The third-order valence-corrected chi connectivity index (χ3v) is 5.07. The Balaban J connectivity index is 1.82. The van der Waals surface area contributed by atoms with Gasteiger partial charge in [-0.25, -0.2) is 17.6 Å². The van der Waals surface area contributed by atoms with Gasteiger partial charge in [0, 0.05) is 0 Å². The lowest BCUT2D eigenvalue weighted by atomic mass is 10.2. The maximum absolute atomic E-state index is 13.3. The monoisotopic (exact) mass is 453 g/mol. The number of carbonyl (C=O) groups is 1. The number of hydrogen-bond donors (Lipinski definition) is 1. The standard InChI is InChI=1S/C21H23F4N5O2/c1-11-18(12(2)29(27-11)10-14-6-5-7-15(8-14)32-4)26-21(31)13(3)30-17(20(24)25)9-16(28-30)19(22)23/h5-9,13,19-20H,10H2,1-4H3,(H,26,31). The highest BCUT2D eigenvalue weighted by Crippen LogP contribution is 2.28. The van der Waals surface area contributed by atoms with Crippen molar-refractivity contribution in [2.45, 2.75) is 46.2 Å². The Morgan fingerprint density at radius 3 is 2.47 bits per heavy atom. The van der Waals surface area contributed by atoms with Crippen LogP contribution in [0.4, 0.5) is 23.2 Å². The molecule has 1 aromatic carbocycles. The first-order chi connectivity index (χ1) is 15.1. The molecule has 0 aliphatic carbocycles. The van der Waals surface area contributed by atoms with E-state index in [0.29, 0.717) is 40.1 Å². The van der Waals surface area contributed by atoms with Gasteiger partial charge in [-0.2, -0.15) is 10.2 Å². The van der Waals surface area contributed by atoms with Gasteiger partial charge in [-0.3, -0.25) is 14.2 Å². The lowest BCUT2D eigenvalue weighted by Crippen LogP contribution is -2.26. The minimum Gasteiger partial charge on any atom is -0.497 e. The molecule has 7 nitrogen and oxygen atoms in total. The molecular formula is C21H23F4N5O2. The third kappa shape index (κ3) is 4.76. The largest absolute Gasteiger partial charge is 0.497 e. The predicted molar refractivity (Wildman–Crippen MR) is 109 cm³/mol. The van der Waals surface area contributed by atoms with Crippen molar-refractivity contribution in [3.05, 3.63) is 58.7 Å². The zero-order valence-electron chi connectivity index (χ0n) is 17.9. The van der Waals surface area contributed by atoms with E-state index in [1.54, 1.807) is 25.6 Å². The van der Waals surface area contributed by atoms with Gasteiger partial charge >= 0.3 is 0 Å². The molecule has 0 radical (unpaired) electrons. The number of benzene rings is 1. The average molecular weight is 453 g/mol. The molecule has 32 heavy (non-hydrogen) atoms. The highest BCUT2D eigenvalue weighted by molar-refractivity contribution is 5.94. The number of hydrogen-bond acceptors (Lipinski definition) is 4. The molecule has 1 unspecified atom stereocenters. The van der Waals surface area contributed by atoms with Gasteiger partial charge in [-0.1, -0.05) is 12.1 Å². The van der Waals surface area contributed by atoms with Gasteiger partial charge in [0.1, 0.15) is 23.2 Å². The highest BCUT2D eigenvalue weighted by Gasteiger charge is 2.28. The van der Waals surface area contributed by atoms with E-state index in [1.165, 1.54) is 6.92 Å². The second-order valence-electron chi connectivity index (χ2n) is 7.26. The molecule has 0 saturated carbocycles. The molecular weight excluding hydrogens is 430 g/mol. The van der Waals surface area contributed by atoms with E-state index < -0.39 is 36.2 Å². The smallest absolute Gasteiger partial charge is 0.282 e. The van der Waals surface area contributed by atoms with Crippen molar-refractivity contribution < 1.29 is 27.1 Å². The van der Waals surface area contributed by atoms with Crippen LogP contribution in [0.25, 0.3) is 0 Å². The number of ether oxygens (including phenoxy) is 1. The third-order valence-electron chi connectivity index (χ3n) is 5.07. The molecule has 0 aliphatic rings. The number of nitrogens with zero attached hydrogens (tertiary/aromatic N) is 4. The van der Waals surface area contributed by atoms with Gasteiger partial charge in [-0.05, 0) is 44.5 Å². The van der Waals surface area contributed by atoms with Gasteiger partial charge in [0.25, 0.3) is 12.9 Å². The van der Waals surface area contributed by atoms with Crippen molar-refractivity contribution in [1.29, 1.82) is 0 Å². The summed E-state index contributed by atoms with van der Waals surface area (Å²) in [5.74, 6) is 0.0200. The molecule has 3 rings (SSSR count). The van der Waals surface area contributed by atoms with Crippen molar-refractivity contribution in [2.75, 3.05) is 12.4 Å². The van der Waals surface area contributed by atoms with E-state index in [1.807, 2.05) is 24.3 Å². The summed E-state index contributed by atoms with van der Waals surface area (Å²) in [5, 5.41) is 10.6. The Morgan fingerprint density at radius 1 is 1.12 bits per heavy atom. The number of anilines is 1. The fraction of sp³-hybridized carbons (Fsp3) is 0.381. The molecule has 172 valence electrons. The number of methoxy groups -OCH3 is 1. The number of halogens is 4. The molecule has 1 atom stereocenters. The number of amides is 1. The Kier molecular flexibility index (Phi) is 6.85. The SMILES string of the molecule is COc1cccc(Cn2nc(C)c(NC(=O)C(C)n3nc(C(F)F)cc3C(F)F)c2C)c1. The number of aryl methyl sites for hydroxylation is 1. The first-order valence-electron chi connectivity index (χ1n) is 9.75. The van der Waals surface area contributed by atoms with Crippen LogP contribution in [-0.4, -0.2) is 32.6 Å². The molecule has 2 aromatic heterocycles. The quantitative estimate of drug-likeness (QED) is 0.496. The fourth-order valence-corrected chi connectivity index (χ4v) is 3.32. The molecule has 0 bridgehead atoms. The zero-order valence-corrected chi connectivity index (χ0v) is 17.9. The van der Waals surface area contributed by atoms with Crippen LogP contribution < -0.4 is 10.1 Å². The van der Waals surface area contributed by atoms with Gasteiger partial charge in [0.15, 0.2) is 0 Å². The van der Waals surface area contributed by atoms with Crippen LogP contribution in [0.1, 0.15) is 54.2 Å². The Labute approximate surface area is 182 Å². The lowest BCUT2D eigenvalue weighted by Gasteiger charge is -2.16. The first kappa shape index (κ1) is 23.3. The van der Waals surface area contributed by atoms with Crippen LogP contribution in [0.2, 0.25) is 0 Å². The summed E-state index contributed by atoms with van der Waals surface area (Å²) in [5.41, 5.74) is 0.967. The topological polar surface area (TPSA) is 74.0 Å². The second kappa shape index (κ2) is 9.41. The van der Waals surface area contributed by atoms with Crippen molar-refractivity contribution in [1.82, 2.24) is 19.6 Å². The minimum absolute atomic E-state index is 0.418. The van der Waals surface area contributed by atoms with Crippen LogP contribution >= 0.6 is 0 Å². The maximum Gasteiger partial charge on any atom is 0.282 e. The predicted octanol–water partition coefficient (Wildman–Crippen LogP) is 4.83. The highest BCUT2D eigenvalue weighted by atomic mass is 19.3. The molecule has 2 heterocycles. The Morgan fingerprint density at radius 2 is 1.84 bits per heavy atom. The van der Waals surface area contributed by atoms with Crippen LogP contribution in [0.15, 0.2) is 30.3 Å². The fourth-order valence-electron chi connectivity index (χ4n) is 3.32. The second-order valence-corrected chi connectivity index (χ2v) is 7.26. The van der Waals surface area contributed by atoms with E-state index in [2.05, 4.69) is 15.5 Å². The lowest BCUT2D eigenvalue weighted by molar-refractivity contribution is -0.119. The zero-order chi connectivity index (χ0) is 23.6. The molecule has 1 amide bonds. The molecule has 3 aromatic rings. The average Bonchev–Trinajstić information content (AvgIpc) is 3.31. The van der Waals surface area contributed by atoms with Crippen molar-refractivity contribution in [3.63, 3.8) is 0 Å². The van der Waals surface area contributed by atoms with E-state index >= 15 is 0 Å². The van der Waals surface area contributed by atoms with Gasteiger partial charge in [0.2, 0.25) is 5.91 Å². The molecule has 0 spiro atoms. The summed E-state index contributed by atoms with van der Waals surface area (Å²) >= 11 is 0. The first-order valence-corrected chi connectivity index (χ1v) is 9.75. The van der Waals surface area contributed by atoms with E-state index in [9.17, 15) is 22.4 Å². The van der Waals surface area contributed by atoms with Gasteiger partial charge < -0.3 is 10.1 Å². The number of aromatic nitrogens is 4. The number of nitrogens with one attached hydrogen (secondary N) is 1. The van der Waals surface area contributed by atoms with E-state index in [0.717, 1.165) is 5.56 Å². The minimum atomic E-state index is -3.06.